The molecule has 166 valence electrons. The maximum Gasteiger partial charge on any atom is 0.410 e. The van der Waals surface area contributed by atoms with E-state index >= 15 is 0 Å². The van der Waals surface area contributed by atoms with Crippen LogP contribution in [0, 0.1) is 11.8 Å². The largest absolute Gasteiger partial charge is 0.444 e. The molecule has 30 heavy (non-hydrogen) atoms. The lowest BCUT2D eigenvalue weighted by Gasteiger charge is -2.39. The molecule has 2 fully saturated rings. The SMILES string of the molecule is CN(C[C@H]1CC[C@H](C(=O)N2CCN(c3ccccc3)CC2)CC1)C(=O)OC(C)(C)C. The molecule has 1 saturated heterocycles. The molecule has 0 unspecified atom stereocenters. The number of piperazine rings is 1. The summed E-state index contributed by atoms with van der Waals surface area (Å²) in [6, 6.07) is 10.4. The van der Waals surface area contributed by atoms with Crippen LogP contribution in [0.1, 0.15) is 46.5 Å². The first-order valence-electron chi connectivity index (χ1n) is 11.3. The van der Waals surface area contributed by atoms with Gasteiger partial charge in [-0.25, -0.2) is 4.79 Å². The molecule has 1 saturated carbocycles. The number of rotatable bonds is 4. The molecule has 1 aliphatic heterocycles. The number of carbonyl (C=O) groups is 2. The highest BCUT2D eigenvalue weighted by atomic mass is 16.6. The monoisotopic (exact) mass is 415 g/mol. The molecular weight excluding hydrogens is 378 g/mol. The third-order valence-corrected chi connectivity index (χ3v) is 6.15. The normalized spacial score (nSPS) is 22.5. The van der Waals surface area contributed by atoms with Gasteiger partial charge in [-0.2, -0.15) is 0 Å². The molecule has 3 rings (SSSR count). The zero-order valence-corrected chi connectivity index (χ0v) is 19.0. The molecule has 2 amide bonds. The van der Waals surface area contributed by atoms with E-state index < -0.39 is 5.60 Å². The van der Waals surface area contributed by atoms with Crippen LogP contribution in [0.25, 0.3) is 0 Å². The molecule has 1 aromatic rings. The fourth-order valence-corrected chi connectivity index (χ4v) is 4.48. The van der Waals surface area contributed by atoms with E-state index in [1.165, 1.54) is 5.69 Å². The van der Waals surface area contributed by atoms with Gasteiger partial charge in [-0.1, -0.05) is 18.2 Å². The van der Waals surface area contributed by atoms with Crippen molar-refractivity contribution in [3.8, 4) is 0 Å². The zero-order chi connectivity index (χ0) is 21.7. The van der Waals surface area contributed by atoms with Gasteiger partial charge in [0.25, 0.3) is 0 Å². The summed E-state index contributed by atoms with van der Waals surface area (Å²) in [7, 11) is 1.80. The lowest BCUT2D eigenvalue weighted by Crippen LogP contribution is -2.50. The Balaban J connectivity index is 1.41. The molecule has 0 aromatic heterocycles. The minimum Gasteiger partial charge on any atom is -0.444 e. The third-order valence-electron chi connectivity index (χ3n) is 6.15. The summed E-state index contributed by atoms with van der Waals surface area (Å²) in [4.78, 5) is 31.3. The summed E-state index contributed by atoms with van der Waals surface area (Å²) < 4.78 is 5.44. The van der Waals surface area contributed by atoms with Crippen molar-refractivity contribution in [3.63, 3.8) is 0 Å². The Labute approximate surface area is 181 Å². The highest BCUT2D eigenvalue weighted by molar-refractivity contribution is 5.79. The fraction of sp³-hybridized carbons (Fsp3) is 0.667. The van der Waals surface area contributed by atoms with Crippen LogP contribution < -0.4 is 4.90 Å². The Morgan fingerprint density at radius 3 is 2.17 bits per heavy atom. The molecule has 0 radical (unpaired) electrons. The van der Waals surface area contributed by atoms with Crippen molar-refractivity contribution in [2.75, 3.05) is 44.7 Å². The van der Waals surface area contributed by atoms with Crippen LogP contribution >= 0.6 is 0 Å². The first kappa shape index (κ1) is 22.4. The van der Waals surface area contributed by atoms with E-state index in [0.717, 1.165) is 51.9 Å². The van der Waals surface area contributed by atoms with Gasteiger partial charge in [-0.05, 0) is 64.5 Å². The van der Waals surface area contributed by atoms with Crippen LogP contribution in [0.2, 0.25) is 0 Å². The van der Waals surface area contributed by atoms with Crippen LogP contribution in [-0.2, 0) is 9.53 Å². The number of carbonyl (C=O) groups excluding carboxylic acids is 2. The van der Waals surface area contributed by atoms with Gasteiger partial charge in [0.2, 0.25) is 5.91 Å². The molecule has 0 spiro atoms. The van der Waals surface area contributed by atoms with Gasteiger partial charge < -0.3 is 19.4 Å². The van der Waals surface area contributed by atoms with Crippen molar-refractivity contribution in [1.29, 1.82) is 0 Å². The number of benzene rings is 1. The minimum absolute atomic E-state index is 0.136. The number of para-hydroxylation sites is 1. The maximum absolute atomic E-state index is 13.0. The fourth-order valence-electron chi connectivity index (χ4n) is 4.48. The molecular formula is C24H37N3O3. The van der Waals surface area contributed by atoms with Crippen molar-refractivity contribution >= 4 is 17.7 Å². The van der Waals surface area contributed by atoms with Gasteiger partial charge in [0.1, 0.15) is 5.60 Å². The second kappa shape index (κ2) is 9.71. The summed E-state index contributed by atoms with van der Waals surface area (Å²) in [5, 5.41) is 0. The summed E-state index contributed by atoms with van der Waals surface area (Å²) in [5.74, 6) is 0.902. The topological polar surface area (TPSA) is 53.1 Å². The minimum atomic E-state index is -0.472. The van der Waals surface area contributed by atoms with Crippen molar-refractivity contribution in [3.05, 3.63) is 30.3 Å². The number of hydrogen-bond acceptors (Lipinski definition) is 4. The highest BCUT2D eigenvalue weighted by Crippen LogP contribution is 2.31. The lowest BCUT2D eigenvalue weighted by atomic mass is 9.81. The van der Waals surface area contributed by atoms with E-state index in [0.29, 0.717) is 18.4 Å². The standard InChI is InChI=1S/C24H37N3O3/c1-24(2,3)30-23(29)25(4)18-19-10-12-20(13-11-19)22(28)27-16-14-26(15-17-27)21-8-6-5-7-9-21/h5-9,19-20H,10-18H2,1-4H3/t19-,20-. The molecule has 2 aliphatic rings. The summed E-state index contributed by atoms with van der Waals surface area (Å²) in [6.45, 7) is 9.74. The van der Waals surface area contributed by atoms with E-state index in [4.69, 9.17) is 4.74 Å². The molecule has 1 heterocycles. The van der Waals surface area contributed by atoms with Crippen molar-refractivity contribution in [2.24, 2.45) is 11.8 Å². The smallest absolute Gasteiger partial charge is 0.410 e. The van der Waals surface area contributed by atoms with Gasteiger partial charge in [0.15, 0.2) is 0 Å². The van der Waals surface area contributed by atoms with Crippen molar-refractivity contribution in [2.45, 2.75) is 52.1 Å². The van der Waals surface area contributed by atoms with Gasteiger partial charge in [0.05, 0.1) is 0 Å². The molecule has 6 heteroatoms. The zero-order valence-electron chi connectivity index (χ0n) is 19.0. The van der Waals surface area contributed by atoms with E-state index in [-0.39, 0.29) is 12.0 Å². The Bertz CT molecular complexity index is 700. The van der Waals surface area contributed by atoms with Crippen LogP contribution in [0.5, 0.6) is 0 Å². The van der Waals surface area contributed by atoms with E-state index in [9.17, 15) is 9.59 Å². The highest BCUT2D eigenvalue weighted by Gasteiger charge is 2.32. The van der Waals surface area contributed by atoms with Crippen molar-refractivity contribution < 1.29 is 14.3 Å². The average molecular weight is 416 g/mol. The molecule has 1 aliphatic carbocycles. The maximum atomic E-state index is 13.0. The third kappa shape index (κ3) is 6.13. The Hall–Kier alpha value is -2.24. The van der Waals surface area contributed by atoms with E-state index in [2.05, 4.69) is 34.1 Å². The molecule has 0 bridgehead atoms. The first-order chi connectivity index (χ1) is 14.2. The molecule has 6 nitrogen and oxygen atoms in total. The second-order valence-electron chi connectivity index (χ2n) is 9.73. The second-order valence-corrected chi connectivity index (χ2v) is 9.73. The average Bonchev–Trinajstić information content (AvgIpc) is 2.73. The molecule has 0 N–H and O–H groups in total. The Morgan fingerprint density at radius 1 is 1.00 bits per heavy atom. The summed E-state index contributed by atoms with van der Waals surface area (Å²) >= 11 is 0. The predicted molar refractivity (Wildman–Crippen MR) is 120 cm³/mol. The number of amides is 2. The Morgan fingerprint density at radius 2 is 1.60 bits per heavy atom. The number of ether oxygens (including phenoxy) is 1. The predicted octanol–water partition coefficient (Wildman–Crippen LogP) is 4.01. The lowest BCUT2D eigenvalue weighted by molar-refractivity contribution is -0.137. The Kier molecular flexibility index (Phi) is 7.27. The van der Waals surface area contributed by atoms with E-state index in [1.807, 2.05) is 26.8 Å². The summed E-state index contributed by atoms with van der Waals surface area (Å²) in [5.41, 5.74) is 0.763. The van der Waals surface area contributed by atoms with Crippen LogP contribution in [0.15, 0.2) is 30.3 Å². The molecule has 0 atom stereocenters. The van der Waals surface area contributed by atoms with Gasteiger partial charge >= 0.3 is 6.09 Å². The van der Waals surface area contributed by atoms with Crippen LogP contribution in [-0.4, -0.2) is 67.2 Å². The van der Waals surface area contributed by atoms with Gasteiger partial charge in [-0.3, -0.25) is 4.79 Å². The van der Waals surface area contributed by atoms with Gasteiger partial charge in [0, 0.05) is 51.4 Å². The van der Waals surface area contributed by atoms with Crippen molar-refractivity contribution in [1.82, 2.24) is 9.80 Å². The number of anilines is 1. The van der Waals surface area contributed by atoms with Crippen LogP contribution in [0.4, 0.5) is 10.5 Å². The van der Waals surface area contributed by atoms with Crippen LogP contribution in [0.3, 0.4) is 0 Å². The van der Waals surface area contributed by atoms with E-state index in [1.54, 1.807) is 11.9 Å². The number of hydrogen-bond donors (Lipinski definition) is 0. The quantitative estimate of drug-likeness (QED) is 0.746. The first-order valence-corrected chi connectivity index (χ1v) is 11.3. The summed E-state index contributed by atoms with van der Waals surface area (Å²) in [6.07, 6.45) is 3.56. The number of nitrogens with zero attached hydrogens (tertiary/aromatic N) is 3. The molecule has 1 aromatic carbocycles. The van der Waals surface area contributed by atoms with Gasteiger partial charge in [-0.15, -0.1) is 0 Å².